The van der Waals surface area contributed by atoms with Crippen molar-refractivity contribution >= 4 is 34.8 Å². The van der Waals surface area contributed by atoms with E-state index in [9.17, 15) is 0 Å². The first kappa shape index (κ1) is 59.9. The lowest BCUT2D eigenvalue weighted by Crippen LogP contribution is -2.57. The van der Waals surface area contributed by atoms with Crippen LogP contribution < -0.4 is 20.9 Å². The predicted molar refractivity (Wildman–Crippen MR) is 368 cm³/mol. The maximum absolute atomic E-state index is 7.81. The molecule has 5 atom stereocenters. The summed E-state index contributed by atoms with van der Waals surface area (Å²) in [4.78, 5) is 5.22. The molecule has 0 fully saturated rings. The van der Waals surface area contributed by atoms with Crippen LogP contribution in [0.1, 0.15) is 227 Å². The lowest BCUT2D eigenvalue weighted by molar-refractivity contribution is 0.325. The number of allylic oxidation sites excluding steroid dienone is 13. The maximum atomic E-state index is 7.81. The second-order valence-electron chi connectivity index (χ2n) is 28.8. The molecular weight excluding hydrogens is 1030 g/mol. The quantitative estimate of drug-likeness (QED) is 0.0769. The second-order valence-corrected chi connectivity index (χ2v) is 28.8. The number of rotatable bonds is 15. The molecule has 0 saturated heterocycles. The topological polar surface area (TPSA) is 19.6 Å². The summed E-state index contributed by atoms with van der Waals surface area (Å²) in [5, 5.41) is 0. The Labute approximate surface area is 513 Å². The van der Waals surface area contributed by atoms with Crippen molar-refractivity contribution in [3.05, 3.63) is 255 Å². The van der Waals surface area contributed by atoms with Crippen molar-refractivity contribution in [1.82, 2.24) is 0 Å². The van der Waals surface area contributed by atoms with Gasteiger partial charge < -0.3 is 14.2 Å². The average molecular weight is 1130 g/mol. The first-order valence-corrected chi connectivity index (χ1v) is 32.7. The predicted octanol–water partition coefficient (Wildman–Crippen LogP) is 20.2. The lowest BCUT2D eigenvalue weighted by Gasteiger charge is -2.45. The number of fused-ring (bicyclic) bond motifs is 9. The molecule has 3 heterocycles. The Morgan fingerprint density at radius 3 is 2.29 bits per heavy atom. The largest absolute Gasteiger partial charge is 0.472 e. The molecule has 0 amide bonds. The van der Waals surface area contributed by atoms with Crippen LogP contribution in [0.5, 0.6) is 0 Å². The molecule has 1 aromatic heterocycles. The minimum atomic E-state index is -0.170. The van der Waals surface area contributed by atoms with E-state index in [1.54, 1.807) is 0 Å². The number of hydrogen-bond donors (Lipinski definition) is 0. The monoisotopic (exact) mass is 1120 g/mol. The van der Waals surface area contributed by atoms with Gasteiger partial charge >= 0.3 is 0 Å². The number of aryl methyl sites for hydroxylation is 2. The summed E-state index contributed by atoms with van der Waals surface area (Å²) >= 11 is 0. The zero-order chi connectivity index (χ0) is 60.3. The maximum Gasteiger partial charge on any atom is 0.296 e. The fourth-order valence-electron chi connectivity index (χ4n) is 15.5. The van der Waals surface area contributed by atoms with Gasteiger partial charge in [-0.05, 0) is 201 Å². The fourth-order valence-corrected chi connectivity index (χ4v) is 15.5. The van der Waals surface area contributed by atoms with E-state index in [1.165, 1.54) is 103 Å². The molecule has 85 heavy (non-hydrogen) atoms. The van der Waals surface area contributed by atoms with Crippen molar-refractivity contribution in [2.75, 3.05) is 9.80 Å². The van der Waals surface area contributed by atoms with Gasteiger partial charge in [-0.25, -0.2) is 0 Å². The molecule has 4 heteroatoms. The molecule has 440 valence electrons. The van der Waals surface area contributed by atoms with Crippen LogP contribution in [0.25, 0.3) is 5.57 Å². The molecule has 0 saturated carbocycles. The van der Waals surface area contributed by atoms with Crippen LogP contribution in [-0.2, 0) is 34.5 Å². The lowest BCUT2D eigenvalue weighted by atomic mass is 9.34. The van der Waals surface area contributed by atoms with Crippen molar-refractivity contribution in [1.29, 1.82) is 0 Å². The SMILES string of the molecule is C=C/C(=C\C=C\N1/C(=C/C(=C)C(c2ccc3c(c2)CCCC3(C)C)c2ccc(CC)c(C(C)(C)CC)c2)C2=CN(C3C=CC(c4ccccc4)=CC3C)c3cc4c(cc3B2c2oc3c(c21)C(C)CCC3(C)C)C(C)(C)CCC4C)C/C=C\C=C/C. The van der Waals surface area contributed by atoms with E-state index in [0.717, 1.165) is 73.2 Å². The third kappa shape index (κ3) is 11.1. The fraction of sp³-hybridized carbons (Fsp3) is 0.407. The van der Waals surface area contributed by atoms with E-state index >= 15 is 0 Å². The molecule has 2 aliphatic heterocycles. The van der Waals surface area contributed by atoms with Crippen LogP contribution in [0.3, 0.4) is 0 Å². The first-order chi connectivity index (χ1) is 40.6. The number of benzene rings is 4. The van der Waals surface area contributed by atoms with Gasteiger partial charge in [0.1, 0.15) is 5.76 Å². The third-order valence-electron chi connectivity index (χ3n) is 21.2. The molecule has 0 bridgehead atoms. The van der Waals surface area contributed by atoms with E-state index < -0.39 is 0 Å². The van der Waals surface area contributed by atoms with Crippen LogP contribution in [0, 0.1) is 5.92 Å². The van der Waals surface area contributed by atoms with Crippen molar-refractivity contribution < 1.29 is 4.42 Å². The zero-order valence-electron chi connectivity index (χ0n) is 54.3. The summed E-state index contributed by atoms with van der Waals surface area (Å²) in [5.74, 6) is 1.99. The molecule has 3 nitrogen and oxygen atoms in total. The summed E-state index contributed by atoms with van der Waals surface area (Å²) in [5.41, 5.74) is 24.8. The third-order valence-corrected chi connectivity index (χ3v) is 21.2. The Bertz CT molecular complexity index is 3660. The van der Waals surface area contributed by atoms with Crippen molar-refractivity contribution in [3.63, 3.8) is 0 Å². The van der Waals surface area contributed by atoms with Crippen LogP contribution >= 0.6 is 0 Å². The number of nitrogens with zero attached hydrogens (tertiary/aromatic N) is 2. The van der Waals surface area contributed by atoms with Crippen LogP contribution in [0.4, 0.5) is 11.4 Å². The highest BCUT2D eigenvalue weighted by Crippen LogP contribution is 2.53. The minimum absolute atomic E-state index is 0.00235. The number of hydrogen-bond acceptors (Lipinski definition) is 3. The van der Waals surface area contributed by atoms with Crippen molar-refractivity contribution in [3.8, 4) is 0 Å². The summed E-state index contributed by atoms with van der Waals surface area (Å²) in [6.45, 7) is 43.1. The molecule has 5 aromatic rings. The molecule has 4 aromatic carbocycles. The van der Waals surface area contributed by atoms with Crippen molar-refractivity contribution in [2.45, 2.75) is 207 Å². The van der Waals surface area contributed by atoms with Gasteiger partial charge in [0, 0.05) is 40.7 Å². The highest BCUT2D eigenvalue weighted by molar-refractivity contribution is 6.93. The molecule has 0 spiro atoms. The molecule has 0 radical (unpaired) electrons. The molecular formula is C81H97BN2O. The van der Waals surface area contributed by atoms with E-state index in [2.05, 4.69) is 265 Å². The second kappa shape index (κ2) is 23.5. The minimum Gasteiger partial charge on any atom is -0.472 e. The molecule has 11 rings (SSSR count). The van der Waals surface area contributed by atoms with Gasteiger partial charge in [-0.3, -0.25) is 0 Å². The van der Waals surface area contributed by atoms with Gasteiger partial charge in [-0.1, -0.05) is 231 Å². The molecule has 0 N–H and O–H groups in total. The highest BCUT2D eigenvalue weighted by atomic mass is 16.3. The standard InChI is InChI=1S/C81H97BN2O/c1-17-21-22-24-29-57(18-2)30-28-45-83-71(47-56(8)73(62-36-38-65-61(48-62)33-27-42-79(65,11)12)63-35-34-58(19-3)66(49-63)78(9,10)20-4)69-52-84(70-39-37-60(46-55(70)7)59-31-25-23-26-32-59)72-50-64-53(5)40-43-80(13,14)67(64)51-68(72)82(69)77-75(83)74-54(6)41-44-81(15,16)76(74)85-77/h17-18,21-26,28,30-32,34-39,45-55,70,73H,2,8,19-20,27,29,33,40-44H2,1,3-7,9-16H3/b21-17-,24-22-,45-28+,57-30+,71-47+. The van der Waals surface area contributed by atoms with E-state index in [1.807, 2.05) is 6.08 Å². The van der Waals surface area contributed by atoms with Crippen LogP contribution in [0.2, 0.25) is 0 Å². The summed E-state index contributed by atoms with van der Waals surface area (Å²) < 4.78 is 7.81. The van der Waals surface area contributed by atoms with Gasteiger partial charge in [0.25, 0.3) is 6.71 Å². The van der Waals surface area contributed by atoms with Gasteiger partial charge in [0.15, 0.2) is 0 Å². The van der Waals surface area contributed by atoms with Gasteiger partial charge in [0.05, 0.1) is 17.4 Å². The highest BCUT2D eigenvalue weighted by Gasteiger charge is 2.51. The van der Waals surface area contributed by atoms with Gasteiger partial charge in [0.2, 0.25) is 0 Å². The Morgan fingerprint density at radius 1 is 0.835 bits per heavy atom. The molecule has 5 unspecified atom stereocenters. The van der Waals surface area contributed by atoms with Crippen LogP contribution in [0.15, 0.2) is 198 Å². The van der Waals surface area contributed by atoms with E-state index in [-0.39, 0.29) is 46.3 Å². The Morgan fingerprint density at radius 2 is 1.56 bits per heavy atom. The summed E-state index contributed by atoms with van der Waals surface area (Å²) in [7, 11) is 0. The Balaban J connectivity index is 1.21. The van der Waals surface area contributed by atoms with Gasteiger partial charge in [-0.15, -0.1) is 0 Å². The average Bonchev–Trinajstić information content (AvgIpc) is 1.69. The Hall–Kier alpha value is -6.78. The molecule has 4 aliphatic carbocycles. The number of anilines is 2. The smallest absolute Gasteiger partial charge is 0.296 e. The van der Waals surface area contributed by atoms with E-state index in [0.29, 0.717) is 11.8 Å². The van der Waals surface area contributed by atoms with Gasteiger partial charge in [-0.2, -0.15) is 0 Å². The zero-order valence-corrected chi connectivity index (χ0v) is 54.3. The number of furan rings is 1. The Kier molecular flexibility index (Phi) is 16.6. The van der Waals surface area contributed by atoms with Crippen molar-refractivity contribution in [2.24, 2.45) is 5.92 Å². The first-order valence-electron chi connectivity index (χ1n) is 32.7. The van der Waals surface area contributed by atoms with E-state index in [4.69, 9.17) is 11.0 Å². The molecule has 6 aliphatic rings. The normalized spacial score (nSPS) is 23.1. The summed E-state index contributed by atoms with van der Waals surface area (Å²) in [6, 6.07) is 31.2. The van der Waals surface area contributed by atoms with Crippen LogP contribution in [-0.4, -0.2) is 12.8 Å². The summed E-state index contributed by atoms with van der Waals surface area (Å²) in [6.07, 6.45) is 40.7.